The van der Waals surface area contributed by atoms with Gasteiger partial charge in [-0.25, -0.2) is 4.79 Å². The lowest BCUT2D eigenvalue weighted by atomic mass is 10.1. The van der Waals surface area contributed by atoms with E-state index >= 15 is 0 Å². The lowest BCUT2D eigenvalue weighted by Gasteiger charge is -2.04. The number of para-hydroxylation sites is 1. The predicted octanol–water partition coefficient (Wildman–Crippen LogP) is 2.18. The first-order chi connectivity index (χ1) is 9.11. The Labute approximate surface area is 110 Å². The van der Waals surface area contributed by atoms with E-state index < -0.39 is 12.1 Å². The minimum absolute atomic E-state index is 0.370. The molecule has 19 heavy (non-hydrogen) atoms. The first-order valence-corrected chi connectivity index (χ1v) is 6.24. The molecule has 0 saturated carbocycles. The van der Waals surface area contributed by atoms with Crippen LogP contribution in [-0.4, -0.2) is 11.9 Å². The van der Waals surface area contributed by atoms with Gasteiger partial charge >= 0.3 is 6.03 Å². The molecule has 1 aromatic heterocycles. The van der Waals surface area contributed by atoms with Crippen LogP contribution < -0.4 is 10.6 Å². The van der Waals surface area contributed by atoms with E-state index in [-0.39, 0.29) is 5.91 Å². The lowest BCUT2D eigenvalue weighted by molar-refractivity contribution is -0.120. The number of hydrogen-bond acceptors (Lipinski definition) is 3. The highest BCUT2D eigenvalue weighted by Gasteiger charge is 2.35. The summed E-state index contributed by atoms with van der Waals surface area (Å²) < 4.78 is 5.85. The number of furan rings is 1. The van der Waals surface area contributed by atoms with Gasteiger partial charge in [-0.2, -0.15) is 0 Å². The van der Waals surface area contributed by atoms with Crippen LogP contribution >= 0.6 is 0 Å². The molecule has 2 heterocycles. The predicted molar refractivity (Wildman–Crippen MR) is 69.7 cm³/mol. The number of imide groups is 1. The van der Waals surface area contributed by atoms with Gasteiger partial charge in [0.2, 0.25) is 0 Å². The number of carbonyl (C=O) groups excluding carboxylic acids is 2. The number of amides is 3. The van der Waals surface area contributed by atoms with E-state index in [0.29, 0.717) is 5.76 Å². The zero-order chi connectivity index (χ0) is 13.6. The molecular formula is C14H14N2O3. The highest BCUT2D eigenvalue weighted by molar-refractivity contribution is 6.05. The van der Waals surface area contributed by atoms with Crippen LogP contribution in [0, 0.1) is 6.92 Å². The van der Waals surface area contributed by atoms with Crippen LogP contribution in [0.4, 0.5) is 4.79 Å². The smallest absolute Gasteiger partial charge is 0.322 e. The summed E-state index contributed by atoms with van der Waals surface area (Å²) in [5.74, 6) is 0.143. The van der Waals surface area contributed by atoms with Crippen LogP contribution in [-0.2, 0) is 11.2 Å². The molecule has 5 heteroatoms. The molecule has 3 amide bonds. The fourth-order valence-electron chi connectivity index (χ4n) is 2.48. The monoisotopic (exact) mass is 258 g/mol. The van der Waals surface area contributed by atoms with E-state index in [1.807, 2.05) is 25.1 Å². The van der Waals surface area contributed by atoms with Crippen molar-refractivity contribution >= 4 is 22.9 Å². The SMILES string of the molecule is CCc1cccc2c(C)c(C3NC(=O)NC3=O)oc12. The van der Waals surface area contributed by atoms with E-state index in [1.165, 1.54) is 0 Å². The van der Waals surface area contributed by atoms with E-state index in [1.54, 1.807) is 0 Å². The minimum atomic E-state index is -0.732. The molecule has 2 N–H and O–H groups in total. The molecule has 2 aromatic rings. The Kier molecular flexibility index (Phi) is 2.55. The van der Waals surface area contributed by atoms with Gasteiger partial charge in [-0.05, 0) is 18.9 Å². The number of urea groups is 1. The van der Waals surface area contributed by atoms with Crippen molar-refractivity contribution < 1.29 is 14.0 Å². The third kappa shape index (κ3) is 1.69. The molecule has 3 rings (SSSR count). The van der Waals surface area contributed by atoms with Gasteiger partial charge in [0, 0.05) is 10.9 Å². The van der Waals surface area contributed by atoms with Crippen molar-refractivity contribution in [1.29, 1.82) is 0 Å². The summed E-state index contributed by atoms with van der Waals surface area (Å²) in [6.45, 7) is 3.95. The Morgan fingerprint density at radius 2 is 2.11 bits per heavy atom. The Morgan fingerprint density at radius 3 is 2.74 bits per heavy atom. The maximum absolute atomic E-state index is 11.7. The molecule has 1 aromatic carbocycles. The van der Waals surface area contributed by atoms with Gasteiger partial charge < -0.3 is 9.73 Å². The van der Waals surface area contributed by atoms with Crippen molar-refractivity contribution in [1.82, 2.24) is 10.6 Å². The van der Waals surface area contributed by atoms with Gasteiger partial charge in [-0.3, -0.25) is 10.1 Å². The zero-order valence-electron chi connectivity index (χ0n) is 10.7. The van der Waals surface area contributed by atoms with Gasteiger partial charge in [0.25, 0.3) is 5.91 Å². The fraction of sp³-hybridized carbons (Fsp3) is 0.286. The highest BCUT2D eigenvalue weighted by Crippen LogP contribution is 2.32. The van der Waals surface area contributed by atoms with Crippen molar-refractivity contribution in [3.63, 3.8) is 0 Å². The van der Waals surface area contributed by atoms with Crippen molar-refractivity contribution in [3.8, 4) is 0 Å². The summed E-state index contributed by atoms with van der Waals surface area (Å²) in [6.07, 6.45) is 0.854. The molecule has 1 fully saturated rings. The summed E-state index contributed by atoms with van der Waals surface area (Å²) in [7, 11) is 0. The molecule has 1 unspecified atom stereocenters. The van der Waals surface area contributed by atoms with Gasteiger partial charge in [0.05, 0.1) is 0 Å². The molecular weight excluding hydrogens is 244 g/mol. The first kappa shape index (κ1) is 11.8. The third-order valence-corrected chi connectivity index (χ3v) is 3.50. The summed E-state index contributed by atoms with van der Waals surface area (Å²) in [6, 6.07) is 4.73. The van der Waals surface area contributed by atoms with Crippen LogP contribution in [0.25, 0.3) is 11.0 Å². The number of nitrogens with one attached hydrogen (secondary N) is 2. The van der Waals surface area contributed by atoms with E-state index in [0.717, 1.165) is 28.5 Å². The molecule has 1 atom stereocenters. The third-order valence-electron chi connectivity index (χ3n) is 3.50. The average molecular weight is 258 g/mol. The van der Waals surface area contributed by atoms with Crippen LogP contribution in [0.1, 0.15) is 29.9 Å². The van der Waals surface area contributed by atoms with Gasteiger partial charge in [0.1, 0.15) is 11.3 Å². The molecule has 1 saturated heterocycles. The topological polar surface area (TPSA) is 71.3 Å². The zero-order valence-corrected chi connectivity index (χ0v) is 10.7. The second kappa shape index (κ2) is 4.12. The van der Waals surface area contributed by atoms with E-state index in [2.05, 4.69) is 17.6 Å². The molecule has 1 aliphatic rings. The van der Waals surface area contributed by atoms with Crippen LogP contribution in [0.15, 0.2) is 22.6 Å². The number of hydrogen-bond donors (Lipinski definition) is 2. The van der Waals surface area contributed by atoms with Gasteiger partial charge in [0.15, 0.2) is 6.04 Å². The summed E-state index contributed by atoms with van der Waals surface area (Å²) in [4.78, 5) is 22.9. The molecule has 1 aliphatic heterocycles. The van der Waals surface area contributed by atoms with E-state index in [4.69, 9.17) is 4.42 Å². The molecule has 0 spiro atoms. The largest absolute Gasteiger partial charge is 0.458 e. The molecule has 5 nitrogen and oxygen atoms in total. The Hall–Kier alpha value is -2.30. The molecule has 0 bridgehead atoms. The quantitative estimate of drug-likeness (QED) is 0.811. The first-order valence-electron chi connectivity index (χ1n) is 6.24. The normalized spacial score (nSPS) is 18.7. The summed E-state index contributed by atoms with van der Waals surface area (Å²) >= 11 is 0. The van der Waals surface area contributed by atoms with Gasteiger partial charge in [-0.15, -0.1) is 0 Å². The molecule has 0 aliphatic carbocycles. The van der Waals surface area contributed by atoms with Crippen LogP contribution in [0.5, 0.6) is 0 Å². The second-order valence-corrected chi connectivity index (χ2v) is 4.63. The van der Waals surface area contributed by atoms with Crippen molar-refractivity contribution in [2.75, 3.05) is 0 Å². The van der Waals surface area contributed by atoms with Crippen LogP contribution in [0.2, 0.25) is 0 Å². The number of rotatable bonds is 2. The Balaban J connectivity index is 2.17. The molecule has 0 radical (unpaired) electrons. The van der Waals surface area contributed by atoms with Crippen molar-refractivity contribution in [3.05, 3.63) is 35.1 Å². The fourth-order valence-corrected chi connectivity index (χ4v) is 2.48. The maximum Gasteiger partial charge on any atom is 0.322 e. The van der Waals surface area contributed by atoms with Gasteiger partial charge in [-0.1, -0.05) is 25.1 Å². The number of aryl methyl sites for hydroxylation is 2. The minimum Gasteiger partial charge on any atom is -0.458 e. The number of fused-ring (bicyclic) bond motifs is 1. The van der Waals surface area contributed by atoms with E-state index in [9.17, 15) is 9.59 Å². The summed E-state index contributed by atoms with van der Waals surface area (Å²) in [5.41, 5.74) is 2.79. The molecule has 98 valence electrons. The maximum atomic E-state index is 11.7. The second-order valence-electron chi connectivity index (χ2n) is 4.63. The lowest BCUT2D eigenvalue weighted by Crippen LogP contribution is -2.22. The Morgan fingerprint density at radius 1 is 1.32 bits per heavy atom. The van der Waals surface area contributed by atoms with Crippen molar-refractivity contribution in [2.45, 2.75) is 26.3 Å². The number of carbonyl (C=O) groups is 2. The Bertz CT molecular complexity index is 687. The van der Waals surface area contributed by atoms with Crippen molar-refractivity contribution in [2.24, 2.45) is 0 Å². The highest BCUT2D eigenvalue weighted by atomic mass is 16.3. The van der Waals surface area contributed by atoms with Crippen LogP contribution in [0.3, 0.4) is 0 Å². The number of benzene rings is 1. The standard InChI is InChI=1S/C14H14N2O3/c1-3-8-5-4-6-9-7(2)11(19-12(8)9)10-13(17)16-14(18)15-10/h4-6,10H,3H2,1-2H3,(H2,15,16,17,18). The summed E-state index contributed by atoms with van der Waals surface area (Å²) in [5, 5.41) is 5.77. The average Bonchev–Trinajstić information content (AvgIpc) is 2.90.